The molecule has 0 radical (unpaired) electrons. The Morgan fingerprint density at radius 1 is 1.07 bits per heavy atom. The minimum atomic E-state index is -1.27. The SMILES string of the molecule is CC1(C)CCC(CN2CCN(c3ccc(C(=O)[O-])c(Oc4cnc5[nH]ccc5c4)c3)CC2)=C(c2ccc(Cl)cc2)C1. The van der Waals surface area contributed by atoms with E-state index in [0.717, 1.165) is 67.3 Å². The zero-order valence-corrected chi connectivity index (χ0v) is 24.2. The second-order valence-corrected chi connectivity index (χ2v) is 12.3. The number of piperazine rings is 1. The molecule has 1 aliphatic carbocycles. The van der Waals surface area contributed by atoms with Crippen molar-refractivity contribution < 1.29 is 14.6 Å². The molecule has 2 aliphatic rings. The van der Waals surface area contributed by atoms with Gasteiger partial charge in [0, 0.05) is 66.6 Å². The summed E-state index contributed by atoms with van der Waals surface area (Å²) in [7, 11) is 0. The number of carbonyl (C=O) groups excluding carboxylic acids is 1. The van der Waals surface area contributed by atoms with Gasteiger partial charge in [0.15, 0.2) is 0 Å². The van der Waals surface area contributed by atoms with Crippen LogP contribution in [0.4, 0.5) is 5.69 Å². The molecule has 3 heterocycles. The number of halogens is 1. The number of nitrogens with one attached hydrogen (secondary N) is 1. The number of carboxylic acids is 1. The van der Waals surface area contributed by atoms with Gasteiger partial charge < -0.3 is 24.5 Å². The molecule has 0 bridgehead atoms. The van der Waals surface area contributed by atoms with Gasteiger partial charge >= 0.3 is 0 Å². The van der Waals surface area contributed by atoms with Gasteiger partial charge in [0.25, 0.3) is 0 Å². The first-order valence-corrected chi connectivity index (χ1v) is 14.5. The van der Waals surface area contributed by atoms with Gasteiger partial charge in [-0.05, 0) is 72.2 Å². The molecule has 1 N–H and O–H groups in total. The van der Waals surface area contributed by atoms with Gasteiger partial charge in [-0.3, -0.25) is 4.90 Å². The number of carboxylic acid groups (broad SMARTS) is 1. The first-order chi connectivity index (χ1) is 19.7. The lowest BCUT2D eigenvalue weighted by Gasteiger charge is -2.39. The van der Waals surface area contributed by atoms with Crippen LogP contribution in [0.1, 0.15) is 49.0 Å². The molecule has 0 unspecified atom stereocenters. The number of fused-ring (bicyclic) bond motifs is 1. The van der Waals surface area contributed by atoms with Gasteiger partial charge in [0.05, 0.1) is 12.2 Å². The second kappa shape index (κ2) is 11.2. The summed E-state index contributed by atoms with van der Waals surface area (Å²) in [5, 5.41) is 13.5. The van der Waals surface area contributed by atoms with Crippen molar-refractivity contribution in [2.24, 2.45) is 5.41 Å². The highest BCUT2D eigenvalue weighted by molar-refractivity contribution is 6.30. The molecule has 41 heavy (non-hydrogen) atoms. The van der Waals surface area contributed by atoms with Crippen molar-refractivity contribution in [3.05, 3.63) is 88.7 Å². The average molecular weight is 570 g/mol. The number of ether oxygens (including phenoxy) is 1. The lowest BCUT2D eigenvalue weighted by molar-refractivity contribution is -0.255. The van der Waals surface area contributed by atoms with Gasteiger partial charge in [-0.2, -0.15) is 0 Å². The molecule has 0 spiro atoms. The Labute approximate surface area is 245 Å². The fraction of sp³-hybridized carbons (Fsp3) is 0.333. The minimum absolute atomic E-state index is 0.0171. The van der Waals surface area contributed by atoms with Gasteiger partial charge in [0.1, 0.15) is 17.1 Å². The number of hydrogen-bond acceptors (Lipinski definition) is 6. The largest absolute Gasteiger partial charge is 0.545 e. The molecular weight excluding hydrogens is 536 g/mol. The Bertz CT molecular complexity index is 1600. The van der Waals surface area contributed by atoms with E-state index in [1.807, 2.05) is 30.3 Å². The number of hydrogen-bond donors (Lipinski definition) is 1. The van der Waals surface area contributed by atoms with Crippen molar-refractivity contribution in [1.29, 1.82) is 0 Å². The van der Waals surface area contributed by atoms with E-state index in [2.05, 4.69) is 45.7 Å². The average Bonchev–Trinajstić information content (AvgIpc) is 3.43. The first-order valence-electron chi connectivity index (χ1n) is 14.1. The van der Waals surface area contributed by atoms with Crippen molar-refractivity contribution in [2.45, 2.75) is 33.1 Å². The Hall–Kier alpha value is -3.81. The third-order valence-corrected chi connectivity index (χ3v) is 8.57. The number of benzene rings is 2. The third kappa shape index (κ3) is 6.11. The fourth-order valence-corrected chi connectivity index (χ4v) is 6.09. The van der Waals surface area contributed by atoms with Gasteiger partial charge in [0.2, 0.25) is 0 Å². The summed E-state index contributed by atoms with van der Waals surface area (Å²) in [6.45, 7) is 9.22. The summed E-state index contributed by atoms with van der Waals surface area (Å²) < 4.78 is 6.03. The number of aromatic carboxylic acids is 1. The standard InChI is InChI=1S/C33H35ClN4O3/c1-33(2)11-9-24(29(19-33)22-3-5-25(34)6-4-22)21-37-13-15-38(16-14-37)26-7-8-28(32(39)40)30(18-26)41-27-17-23-10-12-35-31(23)36-20-27/h3-8,10,12,17-18,20H,9,11,13-16,19,21H2,1-2H3,(H,35,36)(H,39,40)/p-1. The molecule has 0 saturated carbocycles. The fourth-order valence-electron chi connectivity index (χ4n) is 5.96. The van der Waals surface area contributed by atoms with E-state index in [9.17, 15) is 9.90 Å². The molecule has 7 nitrogen and oxygen atoms in total. The predicted molar refractivity (Wildman–Crippen MR) is 162 cm³/mol. The molecule has 6 rings (SSSR count). The Morgan fingerprint density at radius 3 is 2.61 bits per heavy atom. The summed E-state index contributed by atoms with van der Waals surface area (Å²) in [4.78, 5) is 24.1. The predicted octanol–water partition coefficient (Wildman–Crippen LogP) is 6.16. The molecule has 1 aliphatic heterocycles. The molecule has 2 aromatic carbocycles. The highest BCUT2D eigenvalue weighted by Crippen LogP contribution is 2.43. The lowest BCUT2D eigenvalue weighted by Crippen LogP contribution is -2.47. The van der Waals surface area contributed by atoms with E-state index in [1.165, 1.54) is 23.1 Å². The molecule has 8 heteroatoms. The van der Waals surface area contributed by atoms with Crippen LogP contribution in [0.3, 0.4) is 0 Å². The van der Waals surface area contributed by atoms with Crippen molar-refractivity contribution in [2.75, 3.05) is 37.6 Å². The van der Waals surface area contributed by atoms with Crippen LogP contribution >= 0.6 is 11.6 Å². The molecule has 2 aromatic heterocycles. The number of anilines is 1. The molecule has 212 valence electrons. The molecule has 1 fully saturated rings. The number of rotatable bonds is 7. The quantitative estimate of drug-likeness (QED) is 0.287. The van der Waals surface area contributed by atoms with Crippen LogP contribution < -0.4 is 14.7 Å². The van der Waals surface area contributed by atoms with Crippen molar-refractivity contribution in [3.63, 3.8) is 0 Å². The van der Waals surface area contributed by atoms with Gasteiger partial charge in [-0.1, -0.05) is 43.2 Å². The summed E-state index contributed by atoms with van der Waals surface area (Å²) >= 11 is 6.18. The molecule has 4 aromatic rings. The molecule has 0 amide bonds. The maximum absolute atomic E-state index is 11.8. The number of carbonyl (C=O) groups is 1. The number of nitrogens with zero attached hydrogens (tertiary/aromatic N) is 3. The van der Waals surface area contributed by atoms with Crippen LogP contribution in [-0.4, -0.2) is 53.6 Å². The maximum atomic E-state index is 11.8. The van der Waals surface area contributed by atoms with E-state index < -0.39 is 5.97 Å². The lowest BCUT2D eigenvalue weighted by atomic mass is 9.72. The van der Waals surface area contributed by atoms with Crippen LogP contribution in [0.25, 0.3) is 16.6 Å². The van der Waals surface area contributed by atoms with Crippen LogP contribution in [0.2, 0.25) is 5.02 Å². The normalized spacial score (nSPS) is 17.7. The van der Waals surface area contributed by atoms with Crippen LogP contribution in [0, 0.1) is 5.41 Å². The number of H-pyrrole nitrogens is 1. The summed E-state index contributed by atoms with van der Waals surface area (Å²) in [5.41, 5.74) is 6.26. The second-order valence-electron chi connectivity index (χ2n) is 11.8. The monoisotopic (exact) mass is 569 g/mol. The number of aromatic amines is 1. The van der Waals surface area contributed by atoms with Gasteiger partial charge in [-0.25, -0.2) is 4.98 Å². The highest BCUT2D eigenvalue weighted by atomic mass is 35.5. The number of allylic oxidation sites excluding steroid dienone is 1. The van der Waals surface area contributed by atoms with Crippen LogP contribution in [-0.2, 0) is 0 Å². The highest BCUT2D eigenvalue weighted by Gasteiger charge is 2.29. The van der Waals surface area contributed by atoms with E-state index in [1.54, 1.807) is 24.5 Å². The Kier molecular flexibility index (Phi) is 7.49. The Balaban J connectivity index is 1.17. The number of aromatic nitrogens is 2. The van der Waals surface area contributed by atoms with E-state index in [4.69, 9.17) is 16.3 Å². The summed E-state index contributed by atoms with van der Waals surface area (Å²) in [5.74, 6) is -0.543. The number of pyridine rings is 1. The van der Waals surface area contributed by atoms with Gasteiger partial charge in [-0.15, -0.1) is 0 Å². The smallest absolute Gasteiger partial charge is 0.146 e. The van der Waals surface area contributed by atoms with E-state index in [0.29, 0.717) is 5.75 Å². The maximum Gasteiger partial charge on any atom is 0.146 e. The third-order valence-electron chi connectivity index (χ3n) is 8.32. The zero-order chi connectivity index (χ0) is 28.6. The zero-order valence-electron chi connectivity index (χ0n) is 23.5. The van der Waals surface area contributed by atoms with Crippen LogP contribution in [0.15, 0.2) is 72.6 Å². The van der Waals surface area contributed by atoms with E-state index >= 15 is 0 Å². The van der Waals surface area contributed by atoms with E-state index in [-0.39, 0.29) is 16.7 Å². The minimum Gasteiger partial charge on any atom is -0.545 e. The first kappa shape index (κ1) is 27.4. The topological polar surface area (TPSA) is 84.5 Å². The summed E-state index contributed by atoms with van der Waals surface area (Å²) in [6.07, 6.45) is 6.77. The molecular formula is C33H34ClN4O3-. The van der Waals surface area contributed by atoms with Crippen molar-refractivity contribution in [3.8, 4) is 11.5 Å². The van der Waals surface area contributed by atoms with Crippen molar-refractivity contribution in [1.82, 2.24) is 14.9 Å². The Morgan fingerprint density at radius 2 is 1.85 bits per heavy atom. The van der Waals surface area contributed by atoms with Crippen molar-refractivity contribution >= 4 is 39.9 Å². The molecule has 1 saturated heterocycles. The summed E-state index contributed by atoms with van der Waals surface area (Å²) in [6, 6.07) is 17.2. The van der Waals surface area contributed by atoms with Crippen LogP contribution in [0.5, 0.6) is 11.5 Å². The molecule has 0 atom stereocenters.